The number of amides is 1. The molecule has 1 amide bonds. The minimum absolute atomic E-state index is 0.0215. The fraction of sp³-hybridized carbons (Fsp3) is 0.526. The van der Waals surface area contributed by atoms with Crippen molar-refractivity contribution in [2.24, 2.45) is 5.41 Å². The van der Waals surface area contributed by atoms with Gasteiger partial charge in [-0.05, 0) is 31.9 Å². The first-order chi connectivity index (χ1) is 13.1. The molecule has 1 aromatic carbocycles. The molecular formula is C19H20F7NO2. The van der Waals surface area contributed by atoms with Crippen molar-refractivity contribution in [1.82, 2.24) is 5.06 Å². The zero-order valence-electron chi connectivity index (χ0n) is 15.9. The molecule has 10 heteroatoms. The number of hydrogen-bond donors (Lipinski definition) is 0. The van der Waals surface area contributed by atoms with E-state index in [9.17, 15) is 35.5 Å². The molecule has 0 radical (unpaired) electrons. The van der Waals surface area contributed by atoms with Crippen LogP contribution in [0.25, 0.3) is 0 Å². The topological polar surface area (TPSA) is 29.5 Å². The van der Waals surface area contributed by atoms with Crippen molar-refractivity contribution in [1.29, 1.82) is 0 Å². The van der Waals surface area contributed by atoms with E-state index in [1.807, 2.05) is 0 Å². The van der Waals surface area contributed by atoms with Crippen LogP contribution in [0, 0.1) is 5.41 Å². The molecule has 1 aliphatic rings. The van der Waals surface area contributed by atoms with Gasteiger partial charge in [-0.2, -0.15) is 30.7 Å². The highest BCUT2D eigenvalue weighted by Crippen LogP contribution is 2.54. The second kappa shape index (κ2) is 7.62. The number of nitrogens with zero attached hydrogens (tertiary/aromatic N) is 1. The van der Waals surface area contributed by atoms with E-state index < -0.39 is 35.8 Å². The molecule has 1 fully saturated rings. The maximum atomic E-state index is 14.1. The zero-order chi connectivity index (χ0) is 22.3. The van der Waals surface area contributed by atoms with E-state index in [0.717, 1.165) is 12.0 Å². The molecule has 2 rings (SSSR count). The molecule has 1 heterocycles. The molecule has 0 aromatic heterocycles. The van der Waals surface area contributed by atoms with Crippen molar-refractivity contribution in [2.75, 3.05) is 6.54 Å². The largest absolute Gasteiger partial charge is 0.459 e. The molecule has 0 saturated carbocycles. The summed E-state index contributed by atoms with van der Waals surface area (Å²) in [5.41, 5.74) is -1.24. The normalized spacial score (nSPS) is 21.1. The summed E-state index contributed by atoms with van der Waals surface area (Å²) >= 11 is 0. The zero-order valence-corrected chi connectivity index (χ0v) is 15.9. The Bertz CT molecular complexity index is 785. The average molecular weight is 427 g/mol. The van der Waals surface area contributed by atoms with Gasteiger partial charge in [0.25, 0.3) is 5.91 Å². The molecule has 0 unspecified atom stereocenters. The maximum absolute atomic E-state index is 14.1. The van der Waals surface area contributed by atoms with Gasteiger partial charge in [-0.1, -0.05) is 35.9 Å². The molecule has 0 N–H and O–H groups in total. The lowest BCUT2D eigenvalue weighted by molar-refractivity contribution is -0.358. The predicted octanol–water partition coefficient (Wildman–Crippen LogP) is 5.53. The number of rotatable bonds is 6. The van der Waals surface area contributed by atoms with E-state index in [4.69, 9.17) is 4.84 Å². The van der Waals surface area contributed by atoms with Crippen molar-refractivity contribution in [3.8, 4) is 0 Å². The Hall–Kier alpha value is -2.10. The van der Waals surface area contributed by atoms with Crippen molar-refractivity contribution < 1.29 is 40.4 Å². The molecule has 1 saturated heterocycles. The standard InChI is InChI=1S/C19H20F7NO2/c1-12(2)14-9-27(29-10-13-7-5-4-6-8-13)15(28)16(14,3)11-17(20,21)18(22,23)19(24,25)26/h4-8H,9-11H2,1-3H3/t16-/m0/s1. The van der Waals surface area contributed by atoms with Gasteiger partial charge in [0.2, 0.25) is 0 Å². The van der Waals surface area contributed by atoms with Crippen LogP contribution in [0.4, 0.5) is 30.7 Å². The van der Waals surface area contributed by atoms with Gasteiger partial charge in [0.1, 0.15) is 6.61 Å². The van der Waals surface area contributed by atoms with E-state index >= 15 is 0 Å². The van der Waals surface area contributed by atoms with Crippen LogP contribution >= 0.6 is 0 Å². The summed E-state index contributed by atoms with van der Waals surface area (Å²) in [6.45, 7) is 3.44. The first-order valence-corrected chi connectivity index (χ1v) is 8.61. The number of carbonyl (C=O) groups excluding carboxylic acids is 1. The predicted molar refractivity (Wildman–Crippen MR) is 90.0 cm³/mol. The summed E-state index contributed by atoms with van der Waals surface area (Å²) < 4.78 is 92.5. The van der Waals surface area contributed by atoms with Crippen molar-refractivity contribution >= 4 is 5.91 Å². The van der Waals surface area contributed by atoms with Crippen LogP contribution in [0.15, 0.2) is 41.5 Å². The lowest BCUT2D eigenvalue weighted by atomic mass is 9.76. The first-order valence-electron chi connectivity index (χ1n) is 8.61. The number of allylic oxidation sites excluding steroid dienone is 1. The fourth-order valence-electron chi connectivity index (χ4n) is 3.28. The van der Waals surface area contributed by atoms with Crippen LogP contribution < -0.4 is 0 Å². The highest BCUT2D eigenvalue weighted by molar-refractivity contribution is 5.88. The number of carbonyl (C=O) groups is 1. The van der Waals surface area contributed by atoms with E-state index in [-0.39, 0.29) is 18.7 Å². The fourth-order valence-corrected chi connectivity index (χ4v) is 3.28. The Kier molecular flexibility index (Phi) is 6.09. The van der Waals surface area contributed by atoms with E-state index in [1.165, 1.54) is 13.8 Å². The molecule has 0 spiro atoms. The van der Waals surface area contributed by atoms with Gasteiger partial charge in [0, 0.05) is 6.42 Å². The van der Waals surface area contributed by atoms with Crippen molar-refractivity contribution in [3.63, 3.8) is 0 Å². The van der Waals surface area contributed by atoms with Crippen LogP contribution in [0.2, 0.25) is 0 Å². The second-order valence-electron chi connectivity index (χ2n) is 7.36. The van der Waals surface area contributed by atoms with Crippen LogP contribution in [0.5, 0.6) is 0 Å². The van der Waals surface area contributed by atoms with Gasteiger partial charge < -0.3 is 0 Å². The SMILES string of the molecule is CC(C)=C1CN(OCc2ccccc2)C(=O)[C@@]1(C)CC(F)(F)C(F)(F)C(F)(F)F. The molecule has 1 aromatic rings. The molecule has 0 bridgehead atoms. The monoisotopic (exact) mass is 427 g/mol. The summed E-state index contributed by atoms with van der Waals surface area (Å²) in [5, 5.41) is 0.733. The number of alkyl halides is 7. The number of hydrogen-bond acceptors (Lipinski definition) is 2. The number of benzene rings is 1. The van der Waals surface area contributed by atoms with Crippen LogP contribution in [-0.2, 0) is 16.2 Å². The third-order valence-electron chi connectivity index (χ3n) is 4.89. The number of hydroxylamine groups is 2. The Morgan fingerprint density at radius 2 is 1.62 bits per heavy atom. The van der Waals surface area contributed by atoms with Gasteiger partial charge in [-0.3, -0.25) is 9.63 Å². The third kappa shape index (κ3) is 4.26. The molecule has 1 atom stereocenters. The average Bonchev–Trinajstić information content (AvgIpc) is 2.83. The van der Waals surface area contributed by atoms with Crippen molar-refractivity contribution in [3.05, 3.63) is 47.0 Å². The Labute approximate surface area is 163 Å². The Balaban J connectivity index is 2.31. The second-order valence-corrected chi connectivity index (χ2v) is 7.36. The lowest BCUT2D eigenvalue weighted by Crippen LogP contribution is -2.54. The summed E-state index contributed by atoms with van der Waals surface area (Å²) in [4.78, 5) is 18.1. The minimum Gasteiger partial charge on any atom is -0.272 e. The van der Waals surface area contributed by atoms with Crippen LogP contribution in [-0.4, -0.2) is 35.5 Å². The highest BCUT2D eigenvalue weighted by atomic mass is 19.4. The van der Waals surface area contributed by atoms with Gasteiger partial charge in [-0.25, -0.2) is 5.06 Å². The molecule has 1 aliphatic heterocycles. The van der Waals surface area contributed by atoms with Gasteiger partial charge in [-0.15, -0.1) is 0 Å². The molecule has 162 valence electrons. The quantitative estimate of drug-likeness (QED) is 0.442. The summed E-state index contributed by atoms with van der Waals surface area (Å²) in [6, 6.07) is 8.51. The van der Waals surface area contributed by atoms with Gasteiger partial charge in [0.15, 0.2) is 0 Å². The maximum Gasteiger partial charge on any atom is 0.459 e. The molecule has 3 nitrogen and oxygen atoms in total. The summed E-state index contributed by atoms with van der Waals surface area (Å²) in [7, 11) is 0. The summed E-state index contributed by atoms with van der Waals surface area (Å²) in [5.74, 6) is -12.9. The van der Waals surface area contributed by atoms with Gasteiger partial charge >= 0.3 is 18.0 Å². The first kappa shape index (κ1) is 23.2. The van der Waals surface area contributed by atoms with Crippen LogP contribution in [0.3, 0.4) is 0 Å². The van der Waals surface area contributed by atoms with E-state index in [1.54, 1.807) is 30.3 Å². The molecular weight excluding hydrogens is 407 g/mol. The van der Waals surface area contributed by atoms with E-state index in [0.29, 0.717) is 11.1 Å². The highest BCUT2D eigenvalue weighted by Gasteiger charge is 2.74. The lowest BCUT2D eigenvalue weighted by Gasteiger charge is -2.34. The number of halogens is 7. The smallest absolute Gasteiger partial charge is 0.272 e. The third-order valence-corrected chi connectivity index (χ3v) is 4.89. The van der Waals surface area contributed by atoms with Gasteiger partial charge in [0.05, 0.1) is 12.0 Å². The molecule has 29 heavy (non-hydrogen) atoms. The van der Waals surface area contributed by atoms with Crippen molar-refractivity contribution in [2.45, 2.75) is 51.8 Å². The molecule has 0 aliphatic carbocycles. The van der Waals surface area contributed by atoms with Crippen LogP contribution in [0.1, 0.15) is 32.8 Å². The van der Waals surface area contributed by atoms with E-state index in [2.05, 4.69) is 0 Å². The Morgan fingerprint density at radius 1 is 1.07 bits per heavy atom. The summed E-state index contributed by atoms with van der Waals surface area (Å²) in [6.07, 6.45) is -8.46. The Morgan fingerprint density at radius 3 is 2.10 bits per heavy atom. The minimum atomic E-state index is -6.46.